The van der Waals surface area contributed by atoms with Crippen molar-refractivity contribution in [1.82, 2.24) is 0 Å². The summed E-state index contributed by atoms with van der Waals surface area (Å²) >= 11 is 0. The molecule has 2 aliphatic rings. The van der Waals surface area contributed by atoms with Crippen LogP contribution in [0.15, 0.2) is 43.0 Å². The highest BCUT2D eigenvalue weighted by atomic mass is 19.2. The maximum absolute atomic E-state index is 15.1. The topological polar surface area (TPSA) is 55.8 Å². The van der Waals surface area contributed by atoms with Crippen LogP contribution in [0.2, 0.25) is 0 Å². The normalized spacial score (nSPS) is 24.8. The van der Waals surface area contributed by atoms with Gasteiger partial charge in [0.1, 0.15) is 12.4 Å². The monoisotopic (exact) mass is 516 g/mol. The predicted octanol–water partition coefficient (Wildman–Crippen LogP) is 7.20. The molecule has 37 heavy (non-hydrogen) atoms. The van der Waals surface area contributed by atoms with Crippen LogP contribution in [0.5, 0.6) is 11.5 Å². The van der Waals surface area contributed by atoms with E-state index in [-0.39, 0.29) is 36.2 Å². The highest BCUT2D eigenvalue weighted by Gasteiger charge is 2.33. The summed E-state index contributed by atoms with van der Waals surface area (Å²) in [7, 11) is 0. The van der Waals surface area contributed by atoms with Crippen molar-refractivity contribution in [3.63, 3.8) is 0 Å². The SMILES string of the molecule is C=CCOc1ccc(OC(=O)C2CCC(c3ccc(C4CCC(C(C)O)CC4)c(F)c3F)CC2)c(F)c1. The van der Waals surface area contributed by atoms with Crippen LogP contribution in [0.25, 0.3) is 0 Å². The summed E-state index contributed by atoms with van der Waals surface area (Å²) in [6, 6.07) is 7.44. The van der Waals surface area contributed by atoms with Gasteiger partial charge in [-0.05, 0) is 99.3 Å². The van der Waals surface area contributed by atoms with Gasteiger partial charge in [-0.1, -0.05) is 24.8 Å². The predicted molar refractivity (Wildman–Crippen MR) is 135 cm³/mol. The second-order valence-corrected chi connectivity index (χ2v) is 10.4. The van der Waals surface area contributed by atoms with E-state index in [0.717, 1.165) is 31.7 Å². The quantitative estimate of drug-likeness (QED) is 0.229. The highest BCUT2D eigenvalue weighted by molar-refractivity contribution is 5.75. The van der Waals surface area contributed by atoms with E-state index < -0.39 is 29.3 Å². The third-order valence-electron chi connectivity index (χ3n) is 8.02. The number of hydrogen-bond acceptors (Lipinski definition) is 4. The van der Waals surface area contributed by atoms with E-state index in [9.17, 15) is 14.3 Å². The summed E-state index contributed by atoms with van der Waals surface area (Å²) in [4.78, 5) is 12.6. The Labute approximate surface area is 216 Å². The van der Waals surface area contributed by atoms with E-state index in [1.807, 2.05) is 0 Å². The molecule has 1 N–H and O–H groups in total. The van der Waals surface area contributed by atoms with Crippen LogP contribution in [0.3, 0.4) is 0 Å². The number of benzene rings is 2. The Bertz CT molecular complexity index is 1100. The van der Waals surface area contributed by atoms with Crippen molar-refractivity contribution in [2.45, 2.75) is 76.2 Å². The Morgan fingerprint density at radius 1 is 0.973 bits per heavy atom. The second-order valence-electron chi connectivity index (χ2n) is 10.4. The van der Waals surface area contributed by atoms with E-state index in [1.54, 1.807) is 25.1 Å². The Hall–Kier alpha value is -2.80. The van der Waals surface area contributed by atoms with Gasteiger partial charge < -0.3 is 14.6 Å². The molecule has 1 unspecified atom stereocenters. The van der Waals surface area contributed by atoms with E-state index in [2.05, 4.69) is 6.58 Å². The van der Waals surface area contributed by atoms with E-state index in [0.29, 0.717) is 42.6 Å². The van der Waals surface area contributed by atoms with Crippen LogP contribution in [0.1, 0.15) is 81.3 Å². The molecule has 2 fully saturated rings. The zero-order valence-corrected chi connectivity index (χ0v) is 21.2. The minimum absolute atomic E-state index is 0.0351. The molecule has 2 aromatic carbocycles. The number of rotatable bonds is 8. The Morgan fingerprint density at radius 3 is 2.05 bits per heavy atom. The van der Waals surface area contributed by atoms with E-state index >= 15 is 8.78 Å². The van der Waals surface area contributed by atoms with Crippen LogP contribution in [-0.2, 0) is 4.79 Å². The zero-order valence-electron chi connectivity index (χ0n) is 21.2. The van der Waals surface area contributed by atoms with Crippen LogP contribution in [0, 0.1) is 29.3 Å². The van der Waals surface area contributed by atoms with Crippen molar-refractivity contribution in [3.8, 4) is 11.5 Å². The van der Waals surface area contributed by atoms with Gasteiger partial charge in [-0.25, -0.2) is 13.2 Å². The summed E-state index contributed by atoms with van der Waals surface area (Å²) in [5, 5.41) is 9.80. The maximum atomic E-state index is 15.1. The van der Waals surface area contributed by atoms with Gasteiger partial charge in [-0.2, -0.15) is 0 Å². The number of esters is 1. The molecule has 0 saturated heterocycles. The van der Waals surface area contributed by atoms with Crippen LogP contribution < -0.4 is 9.47 Å². The van der Waals surface area contributed by atoms with Crippen molar-refractivity contribution >= 4 is 5.97 Å². The van der Waals surface area contributed by atoms with Gasteiger partial charge in [0.2, 0.25) is 0 Å². The van der Waals surface area contributed by atoms with Gasteiger partial charge in [0.05, 0.1) is 12.0 Å². The molecular weight excluding hydrogens is 481 g/mol. The molecule has 2 saturated carbocycles. The third kappa shape index (κ3) is 6.38. The Kier molecular flexibility index (Phi) is 8.95. The number of aliphatic hydroxyl groups excluding tert-OH is 1. The van der Waals surface area contributed by atoms with Gasteiger partial charge in [-0.3, -0.25) is 4.79 Å². The second kappa shape index (κ2) is 12.2. The molecule has 0 amide bonds. The van der Waals surface area contributed by atoms with Crippen molar-refractivity contribution < 1.29 is 32.5 Å². The lowest BCUT2D eigenvalue weighted by atomic mass is 9.75. The van der Waals surface area contributed by atoms with Gasteiger partial charge in [-0.15, -0.1) is 0 Å². The summed E-state index contributed by atoms with van der Waals surface area (Å²) in [5.74, 6) is -3.05. The Morgan fingerprint density at radius 2 is 1.54 bits per heavy atom. The zero-order chi connectivity index (χ0) is 26.5. The largest absolute Gasteiger partial charge is 0.489 e. The van der Waals surface area contributed by atoms with Crippen molar-refractivity contribution in [2.24, 2.45) is 11.8 Å². The smallest absolute Gasteiger partial charge is 0.314 e. The van der Waals surface area contributed by atoms with E-state index in [4.69, 9.17) is 9.47 Å². The minimum atomic E-state index is -0.790. The summed E-state index contributed by atoms with van der Waals surface area (Å²) in [5.41, 5.74) is 0.775. The number of aliphatic hydroxyl groups is 1. The van der Waals surface area contributed by atoms with Crippen LogP contribution in [-0.4, -0.2) is 23.8 Å². The molecule has 2 aliphatic carbocycles. The molecule has 0 bridgehead atoms. The molecule has 0 aromatic heterocycles. The lowest BCUT2D eigenvalue weighted by Crippen LogP contribution is -2.26. The van der Waals surface area contributed by atoms with Crippen molar-refractivity contribution in [1.29, 1.82) is 0 Å². The summed E-state index contributed by atoms with van der Waals surface area (Å²) in [6.45, 7) is 5.56. The lowest BCUT2D eigenvalue weighted by Gasteiger charge is -2.31. The number of ether oxygens (including phenoxy) is 2. The fourth-order valence-corrected chi connectivity index (χ4v) is 5.76. The first kappa shape index (κ1) is 27.2. The van der Waals surface area contributed by atoms with Crippen LogP contribution >= 0.6 is 0 Å². The molecule has 0 heterocycles. The average Bonchev–Trinajstić information content (AvgIpc) is 2.90. The molecule has 4 nitrogen and oxygen atoms in total. The van der Waals surface area contributed by atoms with Gasteiger partial charge in [0, 0.05) is 6.07 Å². The molecule has 0 radical (unpaired) electrons. The van der Waals surface area contributed by atoms with Gasteiger partial charge in [0.25, 0.3) is 0 Å². The first-order valence-electron chi connectivity index (χ1n) is 13.2. The molecule has 200 valence electrons. The summed E-state index contributed by atoms with van der Waals surface area (Å²) < 4.78 is 55.1. The number of halogens is 3. The first-order chi connectivity index (χ1) is 17.8. The average molecular weight is 517 g/mol. The molecular formula is C30H35F3O4. The van der Waals surface area contributed by atoms with Crippen LogP contribution in [0.4, 0.5) is 13.2 Å². The van der Waals surface area contributed by atoms with E-state index in [1.165, 1.54) is 12.1 Å². The molecule has 0 spiro atoms. The lowest BCUT2D eigenvalue weighted by molar-refractivity contribution is -0.140. The molecule has 4 rings (SSSR count). The highest BCUT2D eigenvalue weighted by Crippen LogP contribution is 2.42. The molecule has 7 heteroatoms. The number of carbonyl (C=O) groups excluding carboxylic acids is 1. The number of carbonyl (C=O) groups is 1. The van der Waals surface area contributed by atoms with Gasteiger partial charge in [0.15, 0.2) is 23.2 Å². The van der Waals surface area contributed by atoms with Crippen molar-refractivity contribution in [3.05, 3.63) is 71.6 Å². The third-order valence-corrected chi connectivity index (χ3v) is 8.02. The minimum Gasteiger partial charge on any atom is -0.489 e. The molecule has 1 atom stereocenters. The Balaban J connectivity index is 1.34. The first-order valence-corrected chi connectivity index (χ1v) is 13.2. The number of hydrogen-bond donors (Lipinski definition) is 1. The molecule has 0 aliphatic heterocycles. The fourth-order valence-electron chi connectivity index (χ4n) is 5.76. The summed E-state index contributed by atoms with van der Waals surface area (Å²) in [6.07, 6.45) is 6.21. The maximum Gasteiger partial charge on any atom is 0.314 e. The fraction of sp³-hybridized carbons (Fsp3) is 0.500. The molecule has 2 aromatic rings. The van der Waals surface area contributed by atoms with Crippen molar-refractivity contribution in [2.75, 3.05) is 6.61 Å². The standard InChI is InChI=1S/C30H35F3O4/c1-3-16-36-23-12-15-27(26(31)17-23)37-30(35)22-10-8-21(9-11-22)25-14-13-24(28(32)29(25)33)20-6-4-19(5-7-20)18(2)34/h3,12-15,17-22,34H,1,4-11,16H2,2H3. The van der Waals surface area contributed by atoms with Gasteiger partial charge >= 0.3 is 5.97 Å².